The summed E-state index contributed by atoms with van der Waals surface area (Å²) in [7, 11) is 0. The zero-order chi connectivity index (χ0) is 10.1. The maximum atomic E-state index is 9.81. The van der Waals surface area contributed by atoms with E-state index < -0.39 is 0 Å². The number of fused-ring (bicyclic) bond motifs is 1. The van der Waals surface area contributed by atoms with Gasteiger partial charge in [0.2, 0.25) is 0 Å². The first-order chi connectivity index (χ1) is 6.72. The Morgan fingerprint density at radius 3 is 2.86 bits per heavy atom. The van der Waals surface area contributed by atoms with Gasteiger partial charge >= 0.3 is 0 Å². The second-order valence-electron chi connectivity index (χ2n) is 3.66. The van der Waals surface area contributed by atoms with Crippen LogP contribution in [0.1, 0.15) is 11.1 Å². The molecule has 14 heavy (non-hydrogen) atoms. The number of hydrogen-bond acceptors (Lipinski definition) is 3. The van der Waals surface area contributed by atoms with Crippen LogP contribution in [-0.4, -0.2) is 27.8 Å². The van der Waals surface area contributed by atoms with E-state index in [2.05, 4.69) is 0 Å². The van der Waals surface area contributed by atoms with E-state index in [-0.39, 0.29) is 11.4 Å². The van der Waals surface area contributed by atoms with Crippen LogP contribution in [0.15, 0.2) is 18.2 Å². The lowest BCUT2D eigenvalue weighted by molar-refractivity contribution is 0.163. The summed E-state index contributed by atoms with van der Waals surface area (Å²) in [5.41, 5.74) is 2.10. The second kappa shape index (κ2) is 3.83. The van der Waals surface area contributed by atoms with E-state index in [4.69, 9.17) is 0 Å². The molecule has 0 aliphatic heterocycles. The number of thioether (sulfide) groups is 1. The van der Waals surface area contributed by atoms with Gasteiger partial charge in [0.1, 0.15) is 5.75 Å². The molecule has 2 N–H and O–H groups in total. The average molecular weight is 210 g/mol. The quantitative estimate of drug-likeness (QED) is 0.739. The molecule has 1 aliphatic rings. The maximum absolute atomic E-state index is 9.81. The van der Waals surface area contributed by atoms with Crippen LogP contribution in [-0.2, 0) is 12.8 Å². The standard InChI is InChI=1S/C11H14O2S/c1-14-11-5-7-3-2-4-9(12)8(7)6-10(11)13/h2-4,10-13H,5-6H2,1H3. The van der Waals surface area contributed by atoms with E-state index in [1.165, 1.54) is 5.56 Å². The third-order valence-corrected chi connectivity index (χ3v) is 3.90. The second-order valence-corrected chi connectivity index (χ2v) is 4.74. The lowest BCUT2D eigenvalue weighted by Gasteiger charge is -2.28. The molecule has 2 unspecified atom stereocenters. The van der Waals surface area contributed by atoms with Crippen molar-refractivity contribution in [3.8, 4) is 5.75 Å². The smallest absolute Gasteiger partial charge is 0.119 e. The first kappa shape index (κ1) is 9.87. The summed E-state index contributed by atoms with van der Waals surface area (Å²) in [6.07, 6.45) is 3.12. The van der Waals surface area contributed by atoms with Gasteiger partial charge < -0.3 is 10.2 Å². The molecule has 1 aromatic carbocycles. The minimum atomic E-state index is -0.328. The fourth-order valence-electron chi connectivity index (χ4n) is 1.98. The molecule has 0 saturated heterocycles. The molecule has 2 atom stereocenters. The number of aliphatic hydroxyl groups excluding tert-OH is 1. The SMILES string of the molecule is CSC1Cc2cccc(O)c2CC1O. The van der Waals surface area contributed by atoms with Gasteiger partial charge in [-0.3, -0.25) is 0 Å². The van der Waals surface area contributed by atoms with E-state index >= 15 is 0 Å². The molecule has 1 aliphatic carbocycles. The molecule has 2 rings (SSSR count). The van der Waals surface area contributed by atoms with Gasteiger partial charge in [-0.2, -0.15) is 11.8 Å². The molecule has 2 nitrogen and oxygen atoms in total. The normalized spacial score (nSPS) is 25.9. The van der Waals surface area contributed by atoms with Crippen molar-refractivity contribution in [3.63, 3.8) is 0 Å². The Hall–Kier alpha value is -0.670. The highest BCUT2D eigenvalue weighted by Gasteiger charge is 2.27. The predicted octanol–water partition coefficient (Wildman–Crippen LogP) is 1.58. The van der Waals surface area contributed by atoms with Crippen LogP contribution in [0.2, 0.25) is 0 Å². The minimum Gasteiger partial charge on any atom is -0.508 e. The van der Waals surface area contributed by atoms with Gasteiger partial charge in [0.05, 0.1) is 6.10 Å². The first-order valence-electron chi connectivity index (χ1n) is 4.73. The number of hydrogen-bond donors (Lipinski definition) is 2. The molecule has 1 aromatic rings. The number of benzene rings is 1. The average Bonchev–Trinajstić information content (AvgIpc) is 2.19. The number of aromatic hydroxyl groups is 1. The van der Waals surface area contributed by atoms with Crippen LogP contribution in [0.4, 0.5) is 0 Å². The van der Waals surface area contributed by atoms with Crippen molar-refractivity contribution in [2.24, 2.45) is 0 Å². The van der Waals surface area contributed by atoms with Gasteiger partial charge in [-0.15, -0.1) is 0 Å². The Kier molecular flexibility index (Phi) is 2.70. The van der Waals surface area contributed by atoms with E-state index in [9.17, 15) is 10.2 Å². The molecule has 0 aromatic heterocycles. The van der Waals surface area contributed by atoms with Gasteiger partial charge in [-0.1, -0.05) is 12.1 Å². The fourth-order valence-corrected chi connectivity index (χ4v) is 2.74. The van der Waals surface area contributed by atoms with Gasteiger partial charge in [0.25, 0.3) is 0 Å². The zero-order valence-corrected chi connectivity index (χ0v) is 8.92. The third-order valence-electron chi connectivity index (χ3n) is 2.81. The van der Waals surface area contributed by atoms with Crippen molar-refractivity contribution in [1.29, 1.82) is 0 Å². The van der Waals surface area contributed by atoms with Crippen LogP contribution >= 0.6 is 11.8 Å². The summed E-state index contributed by atoms with van der Waals surface area (Å²) in [6.45, 7) is 0. The molecule has 0 bridgehead atoms. The Morgan fingerprint density at radius 1 is 1.36 bits per heavy atom. The van der Waals surface area contributed by atoms with Gasteiger partial charge in [0, 0.05) is 11.7 Å². The molecule has 0 fully saturated rings. The molecule has 0 saturated carbocycles. The molecule has 0 heterocycles. The highest BCUT2D eigenvalue weighted by Crippen LogP contribution is 2.32. The van der Waals surface area contributed by atoms with Crippen molar-refractivity contribution in [2.75, 3.05) is 6.26 Å². The maximum Gasteiger partial charge on any atom is 0.119 e. The highest BCUT2D eigenvalue weighted by molar-refractivity contribution is 7.99. The summed E-state index contributed by atoms with van der Waals surface area (Å²) in [4.78, 5) is 0. The van der Waals surface area contributed by atoms with Crippen molar-refractivity contribution in [2.45, 2.75) is 24.2 Å². The number of aliphatic hydroxyl groups is 1. The van der Waals surface area contributed by atoms with E-state index in [0.717, 1.165) is 12.0 Å². The molecule has 0 radical (unpaired) electrons. The Labute approximate surface area is 88.0 Å². The van der Waals surface area contributed by atoms with E-state index in [1.807, 2.05) is 18.4 Å². The van der Waals surface area contributed by atoms with Crippen LogP contribution < -0.4 is 0 Å². The molecule has 0 amide bonds. The number of rotatable bonds is 1. The monoisotopic (exact) mass is 210 g/mol. The molecule has 0 spiro atoms. The van der Waals surface area contributed by atoms with Crippen molar-refractivity contribution >= 4 is 11.8 Å². The van der Waals surface area contributed by atoms with Crippen molar-refractivity contribution in [1.82, 2.24) is 0 Å². The van der Waals surface area contributed by atoms with E-state index in [1.54, 1.807) is 17.8 Å². The van der Waals surface area contributed by atoms with Crippen LogP contribution in [0.5, 0.6) is 5.75 Å². The summed E-state index contributed by atoms with van der Waals surface area (Å²) in [6, 6.07) is 5.58. The topological polar surface area (TPSA) is 40.5 Å². The summed E-state index contributed by atoms with van der Waals surface area (Å²) in [5.74, 6) is 0.320. The third kappa shape index (κ3) is 1.62. The van der Waals surface area contributed by atoms with Gasteiger partial charge in [0.15, 0.2) is 0 Å². The number of phenols is 1. The van der Waals surface area contributed by atoms with Crippen molar-refractivity contribution < 1.29 is 10.2 Å². The highest BCUT2D eigenvalue weighted by atomic mass is 32.2. The van der Waals surface area contributed by atoms with Crippen LogP contribution in [0.25, 0.3) is 0 Å². The molecular weight excluding hydrogens is 196 g/mol. The summed E-state index contributed by atoms with van der Waals surface area (Å²) in [5, 5.41) is 19.7. The number of phenolic OH excluding ortho intramolecular Hbond substituents is 1. The van der Waals surface area contributed by atoms with Gasteiger partial charge in [-0.25, -0.2) is 0 Å². The van der Waals surface area contributed by atoms with E-state index in [0.29, 0.717) is 12.2 Å². The lowest BCUT2D eigenvalue weighted by Crippen LogP contribution is -2.32. The summed E-state index contributed by atoms with van der Waals surface area (Å²) < 4.78 is 0. The zero-order valence-electron chi connectivity index (χ0n) is 8.10. The molecule has 76 valence electrons. The fraction of sp³-hybridized carbons (Fsp3) is 0.455. The predicted molar refractivity (Wildman–Crippen MR) is 58.8 cm³/mol. The largest absolute Gasteiger partial charge is 0.508 e. The first-order valence-corrected chi connectivity index (χ1v) is 6.01. The molecular formula is C11H14O2S. The van der Waals surface area contributed by atoms with Crippen molar-refractivity contribution in [3.05, 3.63) is 29.3 Å². The van der Waals surface area contributed by atoms with Crippen LogP contribution in [0.3, 0.4) is 0 Å². The van der Waals surface area contributed by atoms with Gasteiger partial charge in [-0.05, 0) is 29.9 Å². The minimum absolute atomic E-state index is 0.268. The Balaban J connectivity index is 2.35. The summed E-state index contributed by atoms with van der Waals surface area (Å²) >= 11 is 1.69. The Morgan fingerprint density at radius 2 is 2.14 bits per heavy atom. The molecule has 3 heteroatoms. The lowest BCUT2D eigenvalue weighted by atomic mass is 9.89. The Bertz CT molecular complexity index is 338. The van der Waals surface area contributed by atoms with Crippen LogP contribution in [0, 0.1) is 0 Å².